The first-order chi connectivity index (χ1) is 16.0. The Morgan fingerprint density at radius 2 is 1.73 bits per heavy atom. The quantitative estimate of drug-likeness (QED) is 0.538. The number of likely N-dealkylation sites (N-methyl/N-ethyl adjacent to an activating group) is 1. The first kappa shape index (κ1) is 21.8. The highest BCUT2D eigenvalue weighted by molar-refractivity contribution is 6.18. The minimum Gasteiger partial charge on any atom is -0.497 e. The van der Waals surface area contributed by atoms with Crippen molar-refractivity contribution in [1.82, 2.24) is 14.4 Å². The lowest BCUT2D eigenvalue weighted by Gasteiger charge is -2.36. The summed E-state index contributed by atoms with van der Waals surface area (Å²) in [5, 5.41) is 0.880. The van der Waals surface area contributed by atoms with E-state index in [-0.39, 0.29) is 11.8 Å². The van der Waals surface area contributed by atoms with E-state index < -0.39 is 0 Å². The predicted octanol–water partition coefficient (Wildman–Crippen LogP) is 3.38. The minimum absolute atomic E-state index is 0.00152. The average Bonchev–Trinajstić information content (AvgIpc) is 3.14. The lowest BCUT2D eigenvalue weighted by atomic mass is 10.00. The van der Waals surface area contributed by atoms with E-state index in [0.717, 1.165) is 60.8 Å². The topological polar surface area (TPSA) is 56.2 Å². The Morgan fingerprint density at radius 3 is 2.39 bits per heavy atom. The lowest BCUT2D eigenvalue weighted by molar-refractivity contribution is 0.103. The third-order valence-electron chi connectivity index (χ3n) is 6.96. The first-order valence-electron chi connectivity index (χ1n) is 11.4. The van der Waals surface area contributed by atoms with Gasteiger partial charge in [0, 0.05) is 55.4 Å². The van der Waals surface area contributed by atoms with Crippen LogP contribution in [0, 0.1) is 6.92 Å². The van der Waals surface area contributed by atoms with Gasteiger partial charge < -0.3 is 23.7 Å². The van der Waals surface area contributed by atoms with E-state index in [9.17, 15) is 4.79 Å². The summed E-state index contributed by atoms with van der Waals surface area (Å²) < 4.78 is 19.4. The van der Waals surface area contributed by atoms with E-state index in [2.05, 4.69) is 28.3 Å². The molecule has 0 spiro atoms. The SMILES string of the molecule is COc1ccc(C(=O)c2c(C)n3c4c(cc(OC)cc24)OCC3CN2CCN(C)CC2)cc1. The molecule has 5 rings (SSSR count). The molecule has 0 N–H and O–H groups in total. The number of ether oxygens (including phenoxy) is 3. The van der Waals surface area contributed by atoms with Gasteiger partial charge in [-0.05, 0) is 44.3 Å². The van der Waals surface area contributed by atoms with Crippen LogP contribution in [0.15, 0.2) is 36.4 Å². The van der Waals surface area contributed by atoms with Gasteiger partial charge >= 0.3 is 0 Å². The number of hydrogen-bond donors (Lipinski definition) is 0. The molecule has 1 saturated heterocycles. The van der Waals surface area contributed by atoms with E-state index in [0.29, 0.717) is 23.5 Å². The molecule has 0 radical (unpaired) electrons. The Labute approximate surface area is 194 Å². The van der Waals surface area contributed by atoms with Gasteiger partial charge in [-0.25, -0.2) is 0 Å². The van der Waals surface area contributed by atoms with Crippen LogP contribution in [0.5, 0.6) is 17.2 Å². The van der Waals surface area contributed by atoms with E-state index in [1.165, 1.54) is 0 Å². The van der Waals surface area contributed by atoms with E-state index >= 15 is 0 Å². The molecule has 7 nitrogen and oxygen atoms in total. The van der Waals surface area contributed by atoms with Crippen LogP contribution >= 0.6 is 0 Å². The molecule has 3 heterocycles. The van der Waals surface area contributed by atoms with Crippen LogP contribution in [0.1, 0.15) is 27.7 Å². The second-order valence-electron chi connectivity index (χ2n) is 8.98. The van der Waals surface area contributed by atoms with Gasteiger partial charge in [0.1, 0.15) is 23.9 Å². The van der Waals surface area contributed by atoms with Crippen molar-refractivity contribution in [3.63, 3.8) is 0 Å². The van der Waals surface area contributed by atoms with Crippen LogP contribution in [0.2, 0.25) is 0 Å². The van der Waals surface area contributed by atoms with Gasteiger partial charge in [0.05, 0.1) is 31.3 Å². The second-order valence-corrected chi connectivity index (χ2v) is 8.98. The largest absolute Gasteiger partial charge is 0.497 e. The number of ketones is 1. The summed E-state index contributed by atoms with van der Waals surface area (Å²) in [5.74, 6) is 2.19. The number of carbonyl (C=O) groups is 1. The fourth-order valence-corrected chi connectivity index (χ4v) is 5.09. The zero-order valence-corrected chi connectivity index (χ0v) is 19.8. The number of methoxy groups -OCH3 is 2. The molecule has 1 fully saturated rings. The van der Waals surface area contributed by atoms with Crippen LogP contribution in [0.25, 0.3) is 10.9 Å². The van der Waals surface area contributed by atoms with Gasteiger partial charge in [-0.1, -0.05) is 0 Å². The van der Waals surface area contributed by atoms with Gasteiger partial charge in [0.2, 0.25) is 0 Å². The van der Waals surface area contributed by atoms with Crippen LogP contribution in [-0.4, -0.2) is 80.7 Å². The molecule has 0 aliphatic carbocycles. The maximum atomic E-state index is 13.7. The summed E-state index contributed by atoms with van der Waals surface area (Å²) in [6, 6.07) is 11.3. The standard InChI is InChI=1S/C26H31N3O4/c1-17-24(26(30)18-5-7-20(31-3)8-6-18)22-13-21(32-4)14-23-25(22)29(17)19(16-33-23)15-28-11-9-27(2)10-12-28/h5-8,13-14,19H,9-12,15-16H2,1-4H3. The van der Waals surface area contributed by atoms with Crippen molar-refractivity contribution in [2.45, 2.75) is 13.0 Å². The Bertz CT molecular complexity index is 1180. The number of aromatic nitrogens is 1. The number of benzene rings is 2. The highest BCUT2D eigenvalue weighted by Crippen LogP contribution is 2.42. The van der Waals surface area contributed by atoms with E-state index in [4.69, 9.17) is 14.2 Å². The highest BCUT2D eigenvalue weighted by Gasteiger charge is 2.32. The van der Waals surface area contributed by atoms with Crippen LogP contribution in [0.3, 0.4) is 0 Å². The number of carbonyl (C=O) groups excluding carboxylic acids is 1. The van der Waals surface area contributed by atoms with Crippen LogP contribution < -0.4 is 14.2 Å². The summed E-state index contributed by atoms with van der Waals surface area (Å²) >= 11 is 0. The summed E-state index contributed by atoms with van der Waals surface area (Å²) in [7, 11) is 5.43. The average molecular weight is 450 g/mol. The molecule has 7 heteroatoms. The molecule has 0 bridgehead atoms. The van der Waals surface area contributed by atoms with Crippen LogP contribution in [0.4, 0.5) is 0 Å². The Balaban J connectivity index is 1.59. The lowest BCUT2D eigenvalue weighted by Crippen LogP contribution is -2.47. The summed E-state index contributed by atoms with van der Waals surface area (Å²) in [5.41, 5.74) is 3.31. The zero-order valence-electron chi connectivity index (χ0n) is 19.8. The van der Waals surface area contributed by atoms with Crippen molar-refractivity contribution in [2.24, 2.45) is 0 Å². The fourth-order valence-electron chi connectivity index (χ4n) is 5.09. The van der Waals surface area contributed by atoms with Crippen molar-refractivity contribution in [1.29, 1.82) is 0 Å². The van der Waals surface area contributed by atoms with Gasteiger partial charge in [-0.3, -0.25) is 9.69 Å². The highest BCUT2D eigenvalue weighted by atomic mass is 16.5. The van der Waals surface area contributed by atoms with E-state index in [1.807, 2.05) is 36.4 Å². The molecule has 0 amide bonds. The maximum Gasteiger partial charge on any atom is 0.195 e. The summed E-state index contributed by atoms with van der Waals surface area (Å²) in [6.45, 7) is 7.76. The van der Waals surface area contributed by atoms with Crippen molar-refractivity contribution in [3.05, 3.63) is 53.2 Å². The van der Waals surface area contributed by atoms with Crippen molar-refractivity contribution >= 4 is 16.7 Å². The molecule has 1 unspecified atom stereocenters. The molecule has 1 atom stereocenters. The van der Waals surface area contributed by atoms with Gasteiger partial charge in [-0.2, -0.15) is 0 Å². The molecule has 3 aromatic rings. The molecule has 2 aromatic carbocycles. The fraction of sp³-hybridized carbons (Fsp3) is 0.423. The van der Waals surface area contributed by atoms with Crippen molar-refractivity contribution in [2.75, 3.05) is 60.6 Å². The number of hydrogen-bond acceptors (Lipinski definition) is 6. The third-order valence-corrected chi connectivity index (χ3v) is 6.96. The number of piperazine rings is 1. The normalized spacial score (nSPS) is 18.8. The molecule has 174 valence electrons. The number of rotatable bonds is 6. The molecule has 2 aliphatic rings. The van der Waals surface area contributed by atoms with Gasteiger partial charge in [-0.15, -0.1) is 0 Å². The molecular formula is C26H31N3O4. The molecule has 1 aromatic heterocycles. The van der Waals surface area contributed by atoms with E-state index in [1.54, 1.807) is 14.2 Å². The Hall–Kier alpha value is -3.03. The first-order valence-corrected chi connectivity index (χ1v) is 11.4. The third kappa shape index (κ3) is 3.85. The number of nitrogens with zero attached hydrogens (tertiary/aromatic N) is 3. The van der Waals surface area contributed by atoms with Gasteiger partial charge in [0.15, 0.2) is 5.78 Å². The molecular weight excluding hydrogens is 418 g/mol. The smallest absolute Gasteiger partial charge is 0.195 e. The van der Waals surface area contributed by atoms with Gasteiger partial charge in [0.25, 0.3) is 0 Å². The molecule has 2 aliphatic heterocycles. The van der Waals surface area contributed by atoms with Crippen molar-refractivity contribution < 1.29 is 19.0 Å². The zero-order chi connectivity index (χ0) is 23.1. The Kier molecular flexibility index (Phi) is 5.76. The molecule has 33 heavy (non-hydrogen) atoms. The molecule has 0 saturated carbocycles. The summed E-state index contributed by atoms with van der Waals surface area (Å²) in [4.78, 5) is 18.6. The minimum atomic E-state index is -0.00152. The van der Waals surface area contributed by atoms with Crippen LogP contribution in [-0.2, 0) is 0 Å². The summed E-state index contributed by atoms with van der Waals surface area (Å²) in [6.07, 6.45) is 0. The Morgan fingerprint density at radius 1 is 1.03 bits per heavy atom. The monoisotopic (exact) mass is 449 g/mol. The predicted molar refractivity (Wildman–Crippen MR) is 128 cm³/mol. The maximum absolute atomic E-state index is 13.7. The second kappa shape index (κ2) is 8.72. The van der Waals surface area contributed by atoms with Crippen molar-refractivity contribution in [3.8, 4) is 17.2 Å².